The quantitative estimate of drug-likeness (QED) is 0.525. The lowest BCUT2D eigenvalue weighted by Gasteiger charge is -2.39. The highest BCUT2D eigenvalue weighted by atomic mass is 19.4. The van der Waals surface area contributed by atoms with Gasteiger partial charge in [0.15, 0.2) is 12.2 Å². The summed E-state index contributed by atoms with van der Waals surface area (Å²) in [6.07, 6.45) is -23.1. The van der Waals surface area contributed by atoms with E-state index in [0.29, 0.717) is 0 Å². The van der Waals surface area contributed by atoms with Gasteiger partial charge in [0.25, 0.3) is 5.83 Å². The number of rotatable bonds is 1. The molecule has 0 bridgehead atoms. The van der Waals surface area contributed by atoms with Gasteiger partial charge in [0.1, 0.15) is 0 Å². The fourth-order valence-corrected chi connectivity index (χ4v) is 1.54. The van der Waals surface area contributed by atoms with Gasteiger partial charge in [-0.1, -0.05) is 0 Å². The Balaban J connectivity index is 3.14. The van der Waals surface area contributed by atoms with Crippen LogP contribution in [0.1, 0.15) is 0 Å². The fourth-order valence-electron chi connectivity index (χ4n) is 1.54. The summed E-state index contributed by atoms with van der Waals surface area (Å²) in [7, 11) is 0. The number of allylic oxidation sites excluding steroid dienone is 1. The first-order valence-electron chi connectivity index (χ1n) is 5.30. The Kier molecular flexibility index (Phi) is 4.90. The van der Waals surface area contributed by atoms with Crippen molar-refractivity contribution in [3.63, 3.8) is 0 Å². The van der Waals surface area contributed by atoms with E-state index >= 15 is 0 Å². The average molecular weight is 353 g/mol. The minimum atomic E-state index is -5.89. The molecular formula is C9H6F11NO. The number of halogens is 11. The molecule has 13 heteroatoms. The van der Waals surface area contributed by atoms with E-state index in [0.717, 1.165) is 0 Å². The molecular weight excluding hydrogens is 347 g/mol. The predicted octanol–water partition coefficient (Wildman–Crippen LogP) is 3.85. The van der Waals surface area contributed by atoms with Crippen LogP contribution in [-0.4, -0.2) is 48.7 Å². The lowest BCUT2D eigenvalue weighted by atomic mass is 10.2. The molecule has 1 aliphatic heterocycles. The topological polar surface area (TPSA) is 12.5 Å². The van der Waals surface area contributed by atoms with Crippen molar-refractivity contribution in [2.24, 2.45) is 0 Å². The summed E-state index contributed by atoms with van der Waals surface area (Å²) < 4.78 is 140. The van der Waals surface area contributed by atoms with E-state index in [-0.39, 0.29) is 0 Å². The first-order chi connectivity index (χ1) is 9.64. The molecule has 0 aromatic carbocycles. The Morgan fingerprint density at radius 3 is 1.41 bits per heavy atom. The fraction of sp³-hybridized carbons (Fsp3) is 0.778. The van der Waals surface area contributed by atoms with Crippen molar-refractivity contribution in [3.8, 4) is 0 Å². The van der Waals surface area contributed by atoms with Crippen LogP contribution in [0.3, 0.4) is 0 Å². The number of alkyl halides is 9. The zero-order valence-corrected chi connectivity index (χ0v) is 10.1. The van der Waals surface area contributed by atoms with Crippen molar-refractivity contribution < 1.29 is 53.0 Å². The molecule has 2 unspecified atom stereocenters. The molecule has 0 spiro atoms. The van der Waals surface area contributed by atoms with Gasteiger partial charge in [-0.05, 0) is 0 Å². The van der Waals surface area contributed by atoms with E-state index in [4.69, 9.17) is 0 Å². The van der Waals surface area contributed by atoms with E-state index in [1.54, 1.807) is 0 Å². The molecule has 1 rings (SSSR count). The summed E-state index contributed by atoms with van der Waals surface area (Å²) in [4.78, 5) is -0.636. The largest absolute Gasteiger partial charge is 0.447 e. The molecule has 2 nitrogen and oxygen atoms in total. The molecule has 0 amide bonds. The van der Waals surface area contributed by atoms with Crippen molar-refractivity contribution in [3.05, 3.63) is 11.8 Å². The number of morpholine rings is 1. The number of nitrogens with zero attached hydrogens (tertiary/aromatic N) is 1. The zero-order valence-electron chi connectivity index (χ0n) is 10.1. The van der Waals surface area contributed by atoms with Crippen LogP contribution in [0.25, 0.3) is 0 Å². The van der Waals surface area contributed by atoms with Crippen LogP contribution in [0.5, 0.6) is 0 Å². The van der Waals surface area contributed by atoms with Crippen LogP contribution in [0, 0.1) is 0 Å². The molecule has 2 atom stereocenters. The smallest absolute Gasteiger partial charge is 0.352 e. The van der Waals surface area contributed by atoms with Crippen LogP contribution >= 0.6 is 0 Å². The van der Waals surface area contributed by atoms with E-state index < -0.39 is 60.5 Å². The first kappa shape index (κ1) is 18.8. The van der Waals surface area contributed by atoms with Crippen LogP contribution in [0.2, 0.25) is 0 Å². The summed E-state index contributed by atoms with van der Waals surface area (Å²) in [6.45, 7) is -3.49. The highest BCUT2D eigenvalue weighted by Crippen LogP contribution is 2.37. The maximum atomic E-state index is 13.2. The molecule has 0 radical (unpaired) electrons. The maximum absolute atomic E-state index is 13.2. The third-order valence-electron chi connectivity index (χ3n) is 2.54. The van der Waals surface area contributed by atoms with Gasteiger partial charge in [-0.25, -0.2) is 0 Å². The standard InChI is InChI=1S/C9H6F11NO/c10-5(9(18,19)20)6(11)21-1-3(7(12,13)14)22-4(2-21)8(15,16)17/h3-4H,1-2H2/b6-5-. The second-order valence-corrected chi connectivity index (χ2v) is 4.20. The molecule has 0 aromatic heterocycles. The highest BCUT2D eigenvalue weighted by molar-refractivity contribution is 5.07. The Bertz CT molecular complexity index is 412. The van der Waals surface area contributed by atoms with Gasteiger partial charge in [-0.15, -0.1) is 0 Å². The third-order valence-corrected chi connectivity index (χ3v) is 2.54. The average Bonchev–Trinajstić information content (AvgIpc) is 2.33. The van der Waals surface area contributed by atoms with Gasteiger partial charge in [0.05, 0.1) is 13.1 Å². The van der Waals surface area contributed by atoms with Gasteiger partial charge >= 0.3 is 18.5 Å². The lowest BCUT2D eigenvalue weighted by Crippen LogP contribution is -2.56. The van der Waals surface area contributed by atoms with E-state index in [2.05, 4.69) is 4.74 Å². The number of hydrogen-bond donors (Lipinski definition) is 0. The first-order valence-corrected chi connectivity index (χ1v) is 5.30. The molecule has 1 fully saturated rings. The zero-order chi connectivity index (χ0) is 17.5. The maximum Gasteiger partial charge on any atom is 0.447 e. The van der Waals surface area contributed by atoms with Crippen LogP contribution < -0.4 is 0 Å². The SMILES string of the molecule is F/C(=C(/F)C(F)(F)F)N1CC(C(F)(F)F)OC(C(F)(F)F)C1. The lowest BCUT2D eigenvalue weighted by molar-refractivity contribution is -0.306. The van der Waals surface area contributed by atoms with E-state index in [9.17, 15) is 48.3 Å². The minimum Gasteiger partial charge on any atom is -0.352 e. The highest BCUT2D eigenvalue weighted by Gasteiger charge is 2.54. The summed E-state index contributed by atoms with van der Waals surface area (Å²) in [5.74, 6) is -6.28. The molecule has 0 aromatic rings. The molecule has 0 N–H and O–H groups in total. The molecule has 0 aliphatic carbocycles. The van der Waals surface area contributed by atoms with Crippen molar-refractivity contribution in [2.45, 2.75) is 30.7 Å². The van der Waals surface area contributed by atoms with E-state index in [1.165, 1.54) is 0 Å². The molecule has 0 saturated carbocycles. The van der Waals surface area contributed by atoms with Crippen LogP contribution in [0.15, 0.2) is 11.8 Å². The minimum absolute atomic E-state index is 0.636. The molecule has 130 valence electrons. The number of hydrogen-bond acceptors (Lipinski definition) is 2. The van der Waals surface area contributed by atoms with Gasteiger partial charge in [-0.2, -0.15) is 48.3 Å². The molecule has 1 saturated heterocycles. The predicted molar refractivity (Wildman–Crippen MR) is 47.6 cm³/mol. The van der Waals surface area contributed by atoms with Crippen molar-refractivity contribution >= 4 is 0 Å². The Morgan fingerprint density at radius 2 is 1.14 bits per heavy atom. The van der Waals surface area contributed by atoms with E-state index in [1.807, 2.05) is 0 Å². The van der Waals surface area contributed by atoms with Gasteiger partial charge < -0.3 is 9.64 Å². The Hall–Kier alpha value is -1.27. The molecule has 1 aliphatic rings. The van der Waals surface area contributed by atoms with Crippen LogP contribution in [-0.2, 0) is 4.74 Å². The summed E-state index contributed by atoms with van der Waals surface area (Å²) in [6, 6.07) is 0. The Labute approximate surface area is 115 Å². The van der Waals surface area contributed by atoms with Gasteiger partial charge in [-0.3, -0.25) is 0 Å². The van der Waals surface area contributed by atoms with Crippen LogP contribution in [0.4, 0.5) is 48.3 Å². The second-order valence-electron chi connectivity index (χ2n) is 4.20. The monoisotopic (exact) mass is 353 g/mol. The molecule has 1 heterocycles. The normalized spacial score (nSPS) is 26.0. The van der Waals surface area contributed by atoms with Crippen molar-refractivity contribution in [1.29, 1.82) is 0 Å². The number of ether oxygens (including phenoxy) is 1. The summed E-state index contributed by atoms with van der Waals surface area (Å²) in [5, 5.41) is 0. The third kappa shape index (κ3) is 4.36. The summed E-state index contributed by atoms with van der Waals surface area (Å²) in [5.41, 5.74) is 0. The summed E-state index contributed by atoms with van der Waals surface area (Å²) >= 11 is 0. The van der Waals surface area contributed by atoms with Gasteiger partial charge in [0.2, 0.25) is 5.95 Å². The Morgan fingerprint density at radius 1 is 0.773 bits per heavy atom. The second kappa shape index (κ2) is 5.74. The molecule has 22 heavy (non-hydrogen) atoms. The van der Waals surface area contributed by atoms with Crippen molar-refractivity contribution in [1.82, 2.24) is 4.90 Å². The van der Waals surface area contributed by atoms with Crippen molar-refractivity contribution in [2.75, 3.05) is 13.1 Å². The van der Waals surface area contributed by atoms with Gasteiger partial charge in [0, 0.05) is 0 Å².